The Kier molecular flexibility index (Phi) is 4.97. The summed E-state index contributed by atoms with van der Waals surface area (Å²) in [5.41, 5.74) is 2.09. The molecule has 0 aliphatic heterocycles. The third-order valence-electron chi connectivity index (χ3n) is 2.35. The quantitative estimate of drug-likeness (QED) is 0.592. The summed E-state index contributed by atoms with van der Waals surface area (Å²) in [4.78, 5) is -0.558. The van der Waals surface area contributed by atoms with Crippen molar-refractivity contribution in [2.24, 2.45) is 0 Å². The highest BCUT2D eigenvalue weighted by Gasteiger charge is 2.23. The highest BCUT2D eigenvalue weighted by atomic mass is 31.1. The van der Waals surface area contributed by atoms with Gasteiger partial charge in [0.25, 0.3) is 0 Å². The van der Waals surface area contributed by atoms with Gasteiger partial charge >= 0.3 is 0 Å². The van der Waals surface area contributed by atoms with E-state index in [9.17, 15) is 0 Å². The van der Waals surface area contributed by atoms with Crippen molar-refractivity contribution in [1.29, 1.82) is 0 Å². The van der Waals surface area contributed by atoms with E-state index in [0.29, 0.717) is 12.5 Å². The van der Waals surface area contributed by atoms with E-state index in [1.165, 1.54) is 5.56 Å². The largest absolute Gasteiger partial charge is 0.383 e. The maximum absolute atomic E-state index is 6.06. The van der Waals surface area contributed by atoms with Crippen LogP contribution in [0.4, 0.5) is 0 Å². The monoisotopic (exact) mass is 256 g/mol. The molecule has 1 rings (SSSR count). The number of hydrogen-bond acceptors (Lipinski definition) is 2. The molecule has 0 bridgehead atoms. The molecule has 0 saturated heterocycles. The van der Waals surface area contributed by atoms with Crippen LogP contribution in [0.5, 0.6) is 0 Å². The zero-order valence-corrected chi connectivity index (χ0v) is 12.4. The molecular weight excluding hydrogens is 237 g/mol. The Labute approximate surface area is 104 Å². The fourth-order valence-electron chi connectivity index (χ4n) is 1.50. The molecular formula is C10H19BN2OP2. The summed E-state index contributed by atoms with van der Waals surface area (Å²) >= 11 is 0. The number of rotatable bonds is 5. The van der Waals surface area contributed by atoms with Crippen LogP contribution in [0, 0.1) is 0 Å². The molecule has 6 heteroatoms. The molecule has 0 aliphatic carbocycles. The van der Waals surface area contributed by atoms with Gasteiger partial charge < -0.3 is 4.74 Å². The van der Waals surface area contributed by atoms with E-state index < -0.39 is 4.80 Å². The molecule has 0 amide bonds. The van der Waals surface area contributed by atoms with Crippen LogP contribution in [0.15, 0.2) is 6.20 Å². The van der Waals surface area contributed by atoms with Gasteiger partial charge in [-0.05, 0) is 11.5 Å². The number of ether oxygens (including phenoxy) is 1. The van der Waals surface area contributed by atoms with Gasteiger partial charge in [-0.2, -0.15) is 5.10 Å². The van der Waals surface area contributed by atoms with E-state index >= 15 is 0 Å². The van der Waals surface area contributed by atoms with Crippen molar-refractivity contribution in [3.8, 4) is 0 Å². The maximum Gasteiger partial charge on any atom is 0.0947 e. The second-order valence-electron chi connectivity index (χ2n) is 4.28. The number of methoxy groups -OCH3 is 1. The third kappa shape index (κ3) is 3.55. The van der Waals surface area contributed by atoms with E-state index in [2.05, 4.69) is 43.6 Å². The van der Waals surface area contributed by atoms with Crippen molar-refractivity contribution in [3.63, 3.8) is 0 Å². The van der Waals surface area contributed by atoms with Gasteiger partial charge in [0.2, 0.25) is 0 Å². The van der Waals surface area contributed by atoms with Crippen molar-refractivity contribution < 1.29 is 4.74 Å². The summed E-state index contributed by atoms with van der Waals surface area (Å²) in [5, 5.41) is 4.51. The van der Waals surface area contributed by atoms with Crippen molar-refractivity contribution in [3.05, 3.63) is 17.5 Å². The fraction of sp³-hybridized carbons (Fsp3) is 0.700. The molecule has 0 aromatic carbocycles. The van der Waals surface area contributed by atoms with Crippen LogP contribution < -0.4 is 0 Å². The van der Waals surface area contributed by atoms with E-state index in [1.54, 1.807) is 7.11 Å². The van der Waals surface area contributed by atoms with Crippen molar-refractivity contribution >= 4 is 26.3 Å². The summed E-state index contributed by atoms with van der Waals surface area (Å²) in [6.07, 6.45) is 2.05. The number of hydrogen-bond donors (Lipinski definition) is 0. The Morgan fingerprint density at radius 3 is 2.56 bits per heavy atom. The first-order valence-electron chi connectivity index (χ1n) is 5.29. The lowest BCUT2D eigenvalue weighted by Gasteiger charge is -2.18. The third-order valence-corrected chi connectivity index (χ3v) is 2.89. The molecule has 2 atom stereocenters. The lowest BCUT2D eigenvalue weighted by molar-refractivity contribution is 0.183. The fourth-order valence-corrected chi connectivity index (χ4v) is 1.94. The van der Waals surface area contributed by atoms with Crippen LogP contribution in [-0.2, 0) is 16.1 Å². The molecule has 1 heterocycles. The average Bonchev–Trinajstić information content (AvgIpc) is 2.58. The molecule has 2 unspecified atom stereocenters. The van der Waals surface area contributed by atoms with Crippen molar-refractivity contribution in [2.45, 2.75) is 31.1 Å². The van der Waals surface area contributed by atoms with Gasteiger partial charge in [0.1, 0.15) is 0 Å². The smallest absolute Gasteiger partial charge is 0.0947 e. The molecule has 88 valence electrons. The lowest BCUT2D eigenvalue weighted by atomic mass is 9.93. The minimum atomic E-state index is -0.558. The van der Waals surface area contributed by atoms with Gasteiger partial charge in [-0.25, -0.2) is 0 Å². The van der Waals surface area contributed by atoms with Crippen LogP contribution >= 0.6 is 18.5 Å². The summed E-state index contributed by atoms with van der Waals surface area (Å²) in [6.45, 7) is 5.69. The van der Waals surface area contributed by atoms with Gasteiger partial charge in [-0.3, -0.25) is 4.68 Å². The Morgan fingerprint density at radius 1 is 1.56 bits per heavy atom. The second kappa shape index (κ2) is 5.62. The molecule has 1 aromatic rings. The van der Waals surface area contributed by atoms with Gasteiger partial charge in [0.05, 0.1) is 26.7 Å². The van der Waals surface area contributed by atoms with E-state index in [1.807, 2.05) is 4.68 Å². The van der Waals surface area contributed by atoms with Crippen LogP contribution in [0.1, 0.15) is 31.0 Å². The predicted octanol–water partition coefficient (Wildman–Crippen LogP) is 1.68. The molecule has 2 radical (unpaired) electrons. The Morgan fingerprint density at radius 2 is 2.19 bits per heavy atom. The first kappa shape index (κ1) is 14.2. The van der Waals surface area contributed by atoms with Crippen LogP contribution in [-0.4, -0.2) is 31.3 Å². The lowest BCUT2D eigenvalue weighted by Crippen LogP contribution is -2.13. The van der Waals surface area contributed by atoms with Crippen molar-refractivity contribution in [1.82, 2.24) is 9.78 Å². The van der Waals surface area contributed by atoms with E-state index in [-0.39, 0.29) is 0 Å². The molecule has 0 N–H and O–H groups in total. The highest BCUT2D eigenvalue weighted by Crippen LogP contribution is 2.38. The SMILES string of the molecule is [B]C(P)(P)c1nn(CCOC)cc1C(C)C. The molecule has 0 aliphatic rings. The predicted molar refractivity (Wildman–Crippen MR) is 75.0 cm³/mol. The van der Waals surface area contributed by atoms with Gasteiger partial charge in [0.15, 0.2) is 0 Å². The Balaban J connectivity index is 3.01. The molecule has 16 heavy (non-hydrogen) atoms. The van der Waals surface area contributed by atoms with Gasteiger partial charge in [-0.15, -0.1) is 18.5 Å². The van der Waals surface area contributed by atoms with Crippen molar-refractivity contribution in [2.75, 3.05) is 13.7 Å². The van der Waals surface area contributed by atoms with Crippen LogP contribution in [0.25, 0.3) is 0 Å². The Bertz CT molecular complexity index is 347. The van der Waals surface area contributed by atoms with Crippen LogP contribution in [0.3, 0.4) is 0 Å². The molecule has 0 spiro atoms. The van der Waals surface area contributed by atoms with E-state index in [0.717, 1.165) is 12.2 Å². The van der Waals surface area contributed by atoms with Gasteiger partial charge in [0, 0.05) is 18.1 Å². The summed E-state index contributed by atoms with van der Waals surface area (Å²) < 4.78 is 6.93. The zero-order chi connectivity index (χ0) is 12.3. The molecule has 0 fully saturated rings. The minimum Gasteiger partial charge on any atom is -0.383 e. The van der Waals surface area contributed by atoms with Gasteiger partial charge in [-0.1, -0.05) is 13.8 Å². The number of aromatic nitrogens is 2. The first-order chi connectivity index (χ1) is 7.36. The summed E-state index contributed by atoms with van der Waals surface area (Å²) in [6, 6.07) is 0. The molecule has 1 aromatic heterocycles. The first-order valence-corrected chi connectivity index (χ1v) is 6.45. The van der Waals surface area contributed by atoms with E-state index in [4.69, 9.17) is 12.6 Å². The normalized spacial score (nSPS) is 12.4. The number of nitrogens with zero attached hydrogens (tertiary/aromatic N) is 2. The molecule has 0 saturated carbocycles. The standard InChI is InChI=1S/C10H19BN2OP2/c1-7(2)8-6-13(4-5-14-3)12-9(8)10(11,15)16/h6-7H,4-5,15-16H2,1-3H3. The highest BCUT2D eigenvalue weighted by molar-refractivity contribution is 7.43. The maximum atomic E-state index is 6.06. The summed E-state index contributed by atoms with van der Waals surface area (Å²) in [7, 11) is 13.0. The average molecular weight is 256 g/mol. The summed E-state index contributed by atoms with van der Waals surface area (Å²) in [5.74, 6) is 0.412. The zero-order valence-electron chi connectivity index (χ0n) is 10.1. The topological polar surface area (TPSA) is 27.1 Å². The van der Waals surface area contributed by atoms with Crippen LogP contribution in [0.2, 0.25) is 0 Å². The Hall–Kier alpha value is 0.0949. The minimum absolute atomic E-state index is 0.412. The molecule has 3 nitrogen and oxygen atoms in total. The second-order valence-corrected chi connectivity index (χ2v) is 6.85.